The molecule has 4 amide bonds. The number of hydrogen-bond acceptors (Lipinski definition) is 4. The fourth-order valence-corrected chi connectivity index (χ4v) is 5.57. The summed E-state index contributed by atoms with van der Waals surface area (Å²) in [5.74, 6) is -0.611. The van der Waals surface area contributed by atoms with Crippen molar-refractivity contribution in [1.29, 1.82) is 0 Å². The molecule has 2 atom stereocenters. The van der Waals surface area contributed by atoms with Gasteiger partial charge in [-0.3, -0.25) is 19.2 Å². The van der Waals surface area contributed by atoms with Crippen molar-refractivity contribution < 1.29 is 29.0 Å². The number of carbonyl (C=O) groups is 4. The van der Waals surface area contributed by atoms with Crippen molar-refractivity contribution in [2.45, 2.75) is 38.8 Å². The highest BCUT2D eigenvalue weighted by atomic mass is 16.2. The molecular weight excluding hydrogens is 432 g/mol. The largest absolute Gasteiger partial charge is 0.315 e. The van der Waals surface area contributed by atoms with Crippen molar-refractivity contribution in [3.63, 3.8) is 0 Å². The molecule has 2 N–H and O–H groups in total. The molecule has 8 nitrogen and oxygen atoms in total. The van der Waals surface area contributed by atoms with Crippen molar-refractivity contribution in [3.05, 3.63) is 59.7 Å². The summed E-state index contributed by atoms with van der Waals surface area (Å²) in [6.07, 6.45) is 0.416. The zero-order valence-electron chi connectivity index (χ0n) is 19.5. The topological polar surface area (TPSA) is 83.6 Å². The second kappa shape index (κ2) is 8.77. The fraction of sp³-hybridized carbons (Fsp3) is 0.385. The second-order valence-electron chi connectivity index (χ2n) is 9.64. The highest BCUT2D eigenvalue weighted by Crippen LogP contribution is 2.24. The van der Waals surface area contributed by atoms with E-state index in [4.69, 9.17) is 0 Å². The van der Waals surface area contributed by atoms with Gasteiger partial charge >= 0.3 is 0 Å². The zero-order chi connectivity index (χ0) is 24.0. The number of benzene rings is 2. The third-order valence-corrected chi connectivity index (χ3v) is 7.33. The first-order chi connectivity index (χ1) is 16.3. The van der Waals surface area contributed by atoms with Gasteiger partial charge < -0.3 is 9.80 Å². The van der Waals surface area contributed by atoms with Crippen LogP contribution in [0, 0.1) is 13.8 Å². The van der Waals surface area contributed by atoms with Crippen LogP contribution in [-0.2, 0) is 19.2 Å². The van der Waals surface area contributed by atoms with E-state index in [1.54, 1.807) is 12.1 Å². The molecule has 2 aromatic rings. The Bertz CT molecular complexity index is 1080. The molecule has 3 heterocycles. The van der Waals surface area contributed by atoms with Gasteiger partial charge in [-0.25, -0.2) is 9.80 Å². The molecule has 2 aromatic carbocycles. The number of nitrogens with zero attached hydrogens (tertiary/aromatic N) is 2. The Labute approximate surface area is 198 Å². The van der Waals surface area contributed by atoms with Crippen LogP contribution in [0.25, 0.3) is 0 Å². The maximum Gasteiger partial charge on any atom is 0.292 e. The average molecular weight is 463 g/mol. The maximum absolute atomic E-state index is 13.2. The fourth-order valence-electron chi connectivity index (χ4n) is 5.57. The van der Waals surface area contributed by atoms with Crippen LogP contribution in [-0.4, -0.2) is 61.9 Å². The van der Waals surface area contributed by atoms with Gasteiger partial charge in [0.15, 0.2) is 12.1 Å². The quantitative estimate of drug-likeness (QED) is 0.574. The number of carbonyl (C=O) groups excluding carboxylic acids is 4. The first-order valence-corrected chi connectivity index (χ1v) is 11.9. The van der Waals surface area contributed by atoms with Gasteiger partial charge in [0.05, 0.1) is 24.2 Å². The third-order valence-electron chi connectivity index (χ3n) is 7.33. The van der Waals surface area contributed by atoms with E-state index in [1.165, 1.54) is 9.80 Å². The standard InChI is InChI=1S/C26H28N4O4/c1-17-5-3-7-19(13-17)29-23(31)15-21(25(29)33)27-9-11-28(12-10-27)22-16-24(32)30(26(22)34)20-8-4-6-18(2)14-20/h3-8,13-14,21-22H,9-12,15-16H2,1-2H3/p+2/t21-,22+. The van der Waals surface area contributed by atoms with Crippen molar-refractivity contribution in [3.8, 4) is 0 Å². The molecule has 3 aliphatic rings. The summed E-state index contributed by atoms with van der Waals surface area (Å²) >= 11 is 0. The van der Waals surface area contributed by atoms with Crippen molar-refractivity contribution in [1.82, 2.24) is 0 Å². The lowest BCUT2D eigenvalue weighted by Gasteiger charge is -2.34. The molecule has 3 saturated heterocycles. The molecule has 8 heteroatoms. The lowest BCUT2D eigenvalue weighted by Crippen LogP contribution is -3.31. The number of imide groups is 2. The molecule has 0 spiro atoms. The number of hydrogen-bond donors (Lipinski definition) is 2. The van der Waals surface area contributed by atoms with E-state index in [2.05, 4.69) is 0 Å². The summed E-state index contributed by atoms with van der Waals surface area (Å²) in [4.78, 5) is 56.5. The molecule has 0 bridgehead atoms. The zero-order valence-corrected chi connectivity index (χ0v) is 19.5. The van der Waals surface area contributed by atoms with E-state index in [1.807, 2.05) is 50.2 Å². The van der Waals surface area contributed by atoms with Gasteiger partial charge in [0.2, 0.25) is 11.8 Å². The molecular formula is C26H30N4O4+2. The molecule has 5 rings (SSSR count). The summed E-state index contributed by atoms with van der Waals surface area (Å²) in [6.45, 7) is 6.61. The van der Waals surface area contributed by atoms with E-state index >= 15 is 0 Å². The molecule has 176 valence electrons. The molecule has 34 heavy (non-hydrogen) atoms. The van der Waals surface area contributed by atoms with Crippen LogP contribution in [0.3, 0.4) is 0 Å². The minimum atomic E-state index is -0.390. The summed E-state index contributed by atoms with van der Waals surface area (Å²) in [5.41, 5.74) is 3.27. The third kappa shape index (κ3) is 3.93. The Morgan fingerprint density at radius 2 is 1.03 bits per heavy atom. The highest BCUT2D eigenvalue weighted by Gasteiger charge is 2.50. The van der Waals surface area contributed by atoms with Crippen LogP contribution >= 0.6 is 0 Å². The van der Waals surface area contributed by atoms with Gasteiger partial charge in [0.25, 0.3) is 11.8 Å². The van der Waals surface area contributed by atoms with E-state index < -0.39 is 0 Å². The van der Waals surface area contributed by atoms with Gasteiger partial charge in [-0.05, 0) is 49.2 Å². The Morgan fingerprint density at radius 3 is 1.38 bits per heavy atom. The Morgan fingerprint density at radius 1 is 0.647 bits per heavy atom. The van der Waals surface area contributed by atoms with Crippen LogP contribution < -0.4 is 19.6 Å². The predicted molar refractivity (Wildman–Crippen MR) is 126 cm³/mol. The molecule has 0 saturated carbocycles. The number of quaternary nitrogens is 2. The van der Waals surface area contributed by atoms with Crippen LogP contribution in [0.15, 0.2) is 48.5 Å². The van der Waals surface area contributed by atoms with Crippen LogP contribution in [0.5, 0.6) is 0 Å². The van der Waals surface area contributed by atoms with Gasteiger partial charge in [-0.2, -0.15) is 0 Å². The number of amides is 4. The Balaban J connectivity index is 1.24. The number of nitrogens with one attached hydrogen (secondary N) is 2. The number of piperazine rings is 1. The Kier molecular flexibility index (Phi) is 5.79. The highest BCUT2D eigenvalue weighted by molar-refractivity contribution is 6.22. The van der Waals surface area contributed by atoms with E-state index in [-0.39, 0.29) is 48.6 Å². The van der Waals surface area contributed by atoms with Gasteiger partial charge in [-0.15, -0.1) is 0 Å². The number of anilines is 2. The van der Waals surface area contributed by atoms with E-state index in [9.17, 15) is 19.2 Å². The molecule has 0 unspecified atom stereocenters. The predicted octanol–water partition coefficient (Wildman–Crippen LogP) is -0.949. The van der Waals surface area contributed by atoms with E-state index in [0.717, 1.165) is 20.9 Å². The molecule has 0 aliphatic carbocycles. The van der Waals surface area contributed by atoms with Crippen LogP contribution in [0.1, 0.15) is 24.0 Å². The first-order valence-electron chi connectivity index (χ1n) is 11.9. The molecule has 0 aromatic heterocycles. The maximum atomic E-state index is 13.2. The molecule has 3 fully saturated rings. The van der Waals surface area contributed by atoms with Crippen molar-refractivity contribution in [2.24, 2.45) is 0 Å². The van der Waals surface area contributed by atoms with Gasteiger partial charge in [0.1, 0.15) is 26.2 Å². The lowest BCUT2D eigenvalue weighted by atomic mass is 10.1. The van der Waals surface area contributed by atoms with Crippen molar-refractivity contribution in [2.75, 3.05) is 36.0 Å². The van der Waals surface area contributed by atoms with Gasteiger partial charge in [0, 0.05) is 0 Å². The van der Waals surface area contributed by atoms with Crippen LogP contribution in [0.4, 0.5) is 11.4 Å². The smallest absolute Gasteiger partial charge is 0.292 e. The first kappa shape index (κ1) is 22.4. The summed E-state index contributed by atoms with van der Waals surface area (Å²) in [6, 6.07) is 14.1. The van der Waals surface area contributed by atoms with Gasteiger partial charge in [-0.1, -0.05) is 24.3 Å². The van der Waals surface area contributed by atoms with E-state index in [0.29, 0.717) is 37.6 Å². The van der Waals surface area contributed by atoms with Crippen molar-refractivity contribution >= 4 is 35.0 Å². The minimum Gasteiger partial charge on any atom is -0.315 e. The normalized spacial score (nSPS) is 27.7. The second-order valence-corrected chi connectivity index (χ2v) is 9.64. The van der Waals surface area contributed by atoms with Crippen LogP contribution in [0.2, 0.25) is 0 Å². The average Bonchev–Trinajstić information content (AvgIpc) is 3.28. The summed E-state index contributed by atoms with van der Waals surface area (Å²) in [5, 5.41) is 0. The summed E-state index contributed by atoms with van der Waals surface area (Å²) in [7, 11) is 0. The Hall–Kier alpha value is -3.36. The lowest BCUT2D eigenvalue weighted by molar-refractivity contribution is -1.02. The SMILES string of the molecule is Cc1cccc(N2C(=O)C[C@@H]([NH+]3CC[NH+]([C@H]4CC(=O)N(c5cccc(C)c5)C4=O)CC3)C2=O)c1. The molecule has 3 aliphatic heterocycles. The molecule has 0 radical (unpaired) electrons. The minimum absolute atomic E-state index is 0.146. The monoisotopic (exact) mass is 462 g/mol. The number of rotatable bonds is 4. The summed E-state index contributed by atoms with van der Waals surface area (Å²) < 4.78 is 0. The number of aryl methyl sites for hydroxylation is 2.